The van der Waals surface area contributed by atoms with Crippen molar-refractivity contribution < 1.29 is 14.4 Å². The molecule has 1 N–H and O–H groups in total. The topological polar surface area (TPSA) is 97.2 Å². The highest BCUT2D eigenvalue weighted by Gasteiger charge is 2.35. The lowest BCUT2D eigenvalue weighted by atomic mass is 10.1. The van der Waals surface area contributed by atoms with Crippen LogP contribution < -0.4 is 5.32 Å². The molecule has 0 saturated heterocycles. The van der Waals surface area contributed by atoms with Gasteiger partial charge in [-0.25, -0.2) is 9.67 Å². The van der Waals surface area contributed by atoms with E-state index in [1.165, 1.54) is 11.2 Å². The van der Waals surface area contributed by atoms with Crippen LogP contribution in [0.2, 0.25) is 0 Å². The van der Waals surface area contributed by atoms with Gasteiger partial charge in [0.15, 0.2) is 0 Å². The summed E-state index contributed by atoms with van der Waals surface area (Å²) in [7, 11) is 0. The molecule has 0 spiro atoms. The lowest BCUT2D eigenvalue weighted by molar-refractivity contribution is 0.0642. The first kappa shape index (κ1) is 21.3. The maximum absolute atomic E-state index is 12.9. The van der Waals surface area contributed by atoms with Crippen LogP contribution >= 0.6 is 0 Å². The minimum atomic E-state index is -0.321. The molecular weight excluding hydrogens is 430 g/mol. The van der Waals surface area contributed by atoms with E-state index in [0.29, 0.717) is 22.3 Å². The Labute approximate surface area is 195 Å². The summed E-state index contributed by atoms with van der Waals surface area (Å²) in [6.07, 6.45) is 3.09. The highest BCUT2D eigenvalue weighted by atomic mass is 16.2. The van der Waals surface area contributed by atoms with Crippen molar-refractivity contribution in [3.8, 4) is 5.69 Å². The molecule has 1 aliphatic rings. The third-order valence-corrected chi connectivity index (χ3v) is 5.83. The second-order valence-electron chi connectivity index (χ2n) is 8.07. The molecule has 0 aliphatic carbocycles. The number of rotatable bonds is 6. The summed E-state index contributed by atoms with van der Waals surface area (Å²) in [6, 6.07) is 21.2. The average molecular weight is 451 g/mol. The van der Waals surface area contributed by atoms with Crippen molar-refractivity contribution in [1.82, 2.24) is 25.0 Å². The highest BCUT2D eigenvalue weighted by molar-refractivity contribution is 6.21. The summed E-state index contributed by atoms with van der Waals surface area (Å²) >= 11 is 0. The van der Waals surface area contributed by atoms with E-state index in [0.717, 1.165) is 11.3 Å². The number of benzene rings is 3. The fourth-order valence-electron chi connectivity index (χ4n) is 4.00. The third kappa shape index (κ3) is 3.97. The SMILES string of the molecule is CC(NC(=O)c1cccc(CN2C(=O)c3ccccc3C2=O)c1)c1ccc(-n2cncn2)cc1. The Balaban J connectivity index is 1.27. The van der Waals surface area contributed by atoms with Crippen molar-refractivity contribution in [3.05, 3.63) is 113 Å². The van der Waals surface area contributed by atoms with Crippen molar-refractivity contribution in [2.75, 3.05) is 0 Å². The van der Waals surface area contributed by atoms with Crippen LogP contribution in [-0.2, 0) is 6.54 Å². The minimum absolute atomic E-state index is 0.104. The number of imide groups is 1. The molecule has 8 heteroatoms. The molecule has 3 aromatic carbocycles. The molecule has 5 rings (SSSR count). The fraction of sp³-hybridized carbons (Fsp3) is 0.115. The maximum atomic E-state index is 12.9. The average Bonchev–Trinajstić information content (AvgIpc) is 3.49. The largest absolute Gasteiger partial charge is 0.346 e. The lowest BCUT2D eigenvalue weighted by Gasteiger charge is -2.17. The Morgan fingerprint density at radius 1 is 0.941 bits per heavy atom. The number of hydrogen-bond acceptors (Lipinski definition) is 5. The smallest absolute Gasteiger partial charge is 0.261 e. The molecule has 0 saturated carbocycles. The molecule has 168 valence electrons. The van der Waals surface area contributed by atoms with Crippen molar-refractivity contribution in [1.29, 1.82) is 0 Å². The van der Waals surface area contributed by atoms with E-state index in [1.807, 2.05) is 31.2 Å². The molecule has 0 fully saturated rings. The summed E-state index contributed by atoms with van der Waals surface area (Å²) in [5, 5.41) is 7.10. The van der Waals surface area contributed by atoms with Gasteiger partial charge < -0.3 is 5.32 Å². The number of aromatic nitrogens is 3. The number of carbonyl (C=O) groups is 3. The van der Waals surface area contributed by atoms with E-state index in [2.05, 4.69) is 15.4 Å². The predicted octanol–water partition coefficient (Wildman–Crippen LogP) is 3.55. The van der Waals surface area contributed by atoms with Crippen LogP contribution in [0.3, 0.4) is 0 Å². The monoisotopic (exact) mass is 451 g/mol. The van der Waals surface area contributed by atoms with Gasteiger partial charge in [0.2, 0.25) is 0 Å². The van der Waals surface area contributed by atoms with E-state index in [-0.39, 0.29) is 30.3 Å². The van der Waals surface area contributed by atoms with Crippen LogP contribution in [0.4, 0.5) is 0 Å². The minimum Gasteiger partial charge on any atom is -0.346 e. The molecule has 2 heterocycles. The zero-order chi connectivity index (χ0) is 23.7. The van der Waals surface area contributed by atoms with Gasteiger partial charge in [-0.05, 0) is 54.4 Å². The van der Waals surface area contributed by atoms with Crippen LogP contribution in [0.1, 0.15) is 55.2 Å². The van der Waals surface area contributed by atoms with Gasteiger partial charge in [-0.2, -0.15) is 5.10 Å². The number of nitrogens with zero attached hydrogens (tertiary/aromatic N) is 4. The molecule has 8 nitrogen and oxygen atoms in total. The number of fused-ring (bicyclic) bond motifs is 1. The molecule has 34 heavy (non-hydrogen) atoms. The van der Waals surface area contributed by atoms with E-state index >= 15 is 0 Å². The molecule has 1 aliphatic heterocycles. The van der Waals surface area contributed by atoms with Crippen molar-refractivity contribution in [2.24, 2.45) is 0 Å². The summed E-state index contributed by atoms with van der Waals surface area (Å²) in [4.78, 5) is 43.3. The summed E-state index contributed by atoms with van der Waals surface area (Å²) in [5.74, 6) is -0.881. The van der Waals surface area contributed by atoms with Crippen molar-refractivity contribution in [2.45, 2.75) is 19.5 Å². The number of carbonyl (C=O) groups excluding carboxylic acids is 3. The highest BCUT2D eigenvalue weighted by Crippen LogP contribution is 2.24. The Morgan fingerprint density at radius 3 is 2.29 bits per heavy atom. The quantitative estimate of drug-likeness (QED) is 0.452. The normalized spacial score (nSPS) is 13.6. The number of nitrogens with one attached hydrogen (secondary N) is 1. The molecule has 3 amide bonds. The van der Waals surface area contributed by atoms with Gasteiger partial charge in [-0.1, -0.05) is 36.4 Å². The van der Waals surface area contributed by atoms with Gasteiger partial charge in [0.1, 0.15) is 12.7 Å². The van der Waals surface area contributed by atoms with Crippen molar-refractivity contribution >= 4 is 17.7 Å². The molecular formula is C26H21N5O3. The Kier molecular flexibility index (Phi) is 5.47. The summed E-state index contributed by atoms with van der Waals surface area (Å²) < 4.78 is 1.66. The Hall–Kier alpha value is -4.59. The zero-order valence-electron chi connectivity index (χ0n) is 18.4. The van der Waals surface area contributed by atoms with Gasteiger partial charge in [0, 0.05) is 5.56 Å². The van der Waals surface area contributed by atoms with Crippen LogP contribution in [0.5, 0.6) is 0 Å². The van der Waals surface area contributed by atoms with Crippen LogP contribution in [0.25, 0.3) is 5.69 Å². The first-order chi connectivity index (χ1) is 16.5. The van der Waals surface area contributed by atoms with Crippen LogP contribution in [0, 0.1) is 0 Å². The van der Waals surface area contributed by atoms with Gasteiger partial charge in [0.25, 0.3) is 17.7 Å². The van der Waals surface area contributed by atoms with Gasteiger partial charge >= 0.3 is 0 Å². The third-order valence-electron chi connectivity index (χ3n) is 5.83. The number of amides is 3. The van der Waals surface area contributed by atoms with Crippen molar-refractivity contribution in [3.63, 3.8) is 0 Å². The van der Waals surface area contributed by atoms with E-state index in [9.17, 15) is 14.4 Å². The maximum Gasteiger partial charge on any atom is 0.261 e. The molecule has 0 bridgehead atoms. The first-order valence-corrected chi connectivity index (χ1v) is 10.8. The Morgan fingerprint density at radius 2 is 1.65 bits per heavy atom. The number of hydrogen-bond donors (Lipinski definition) is 1. The van der Waals surface area contributed by atoms with Crippen LogP contribution in [0.15, 0.2) is 85.5 Å². The second-order valence-corrected chi connectivity index (χ2v) is 8.07. The van der Waals surface area contributed by atoms with Gasteiger partial charge in [0.05, 0.1) is 29.4 Å². The summed E-state index contributed by atoms with van der Waals surface area (Å²) in [6.45, 7) is 2.01. The predicted molar refractivity (Wildman–Crippen MR) is 124 cm³/mol. The van der Waals surface area contributed by atoms with Gasteiger partial charge in [-0.3, -0.25) is 19.3 Å². The summed E-state index contributed by atoms with van der Waals surface area (Å²) in [5.41, 5.74) is 3.79. The Bertz CT molecular complexity index is 1340. The van der Waals surface area contributed by atoms with E-state index in [1.54, 1.807) is 59.5 Å². The lowest BCUT2D eigenvalue weighted by Crippen LogP contribution is -2.29. The molecule has 1 atom stereocenters. The second kappa shape index (κ2) is 8.74. The molecule has 0 radical (unpaired) electrons. The fourth-order valence-corrected chi connectivity index (χ4v) is 4.00. The van der Waals surface area contributed by atoms with Gasteiger partial charge in [-0.15, -0.1) is 0 Å². The standard InChI is InChI=1S/C26H21N5O3/c1-17(19-9-11-21(12-10-19)31-16-27-15-28-31)29-24(32)20-6-4-5-18(13-20)14-30-25(33)22-7-2-3-8-23(22)26(30)34/h2-13,15-17H,14H2,1H3,(H,29,32). The van der Waals surface area contributed by atoms with E-state index in [4.69, 9.17) is 0 Å². The molecule has 4 aromatic rings. The van der Waals surface area contributed by atoms with E-state index < -0.39 is 0 Å². The zero-order valence-corrected chi connectivity index (χ0v) is 18.4. The van der Waals surface area contributed by atoms with Crippen LogP contribution in [-0.4, -0.2) is 37.4 Å². The molecule has 1 unspecified atom stereocenters. The first-order valence-electron chi connectivity index (χ1n) is 10.8. The molecule has 1 aromatic heterocycles.